The third kappa shape index (κ3) is 2.48. The van der Waals surface area contributed by atoms with E-state index in [9.17, 15) is 9.59 Å². The van der Waals surface area contributed by atoms with Gasteiger partial charge >= 0.3 is 5.69 Å². The summed E-state index contributed by atoms with van der Waals surface area (Å²) in [5, 5.41) is 3.58. The van der Waals surface area contributed by atoms with E-state index in [0.717, 1.165) is 29.5 Å². The highest BCUT2D eigenvalue weighted by molar-refractivity contribution is 7.19. The average Bonchev–Trinajstić information content (AvgIpc) is 3.25. The first-order valence-corrected chi connectivity index (χ1v) is 8.55. The Kier molecular flexibility index (Phi) is 3.61. The molecule has 0 saturated heterocycles. The highest BCUT2D eigenvalue weighted by Gasteiger charge is 2.23. The predicted molar refractivity (Wildman–Crippen MR) is 90.9 cm³/mol. The number of fused-ring (bicyclic) bond motifs is 3. The van der Waals surface area contributed by atoms with E-state index in [1.807, 2.05) is 0 Å². The normalized spacial score (nSPS) is 13.3. The summed E-state index contributed by atoms with van der Waals surface area (Å²) in [4.78, 5) is 30.3. The Morgan fingerprint density at radius 2 is 2.33 bits per heavy atom. The number of amides is 1. The van der Waals surface area contributed by atoms with Gasteiger partial charge in [-0.2, -0.15) is 4.98 Å². The summed E-state index contributed by atoms with van der Waals surface area (Å²) in [5.41, 5.74) is 6.66. The van der Waals surface area contributed by atoms with Gasteiger partial charge in [0.15, 0.2) is 0 Å². The number of aryl methyl sites for hydroxylation is 2. The van der Waals surface area contributed by atoms with Crippen LogP contribution in [-0.2, 0) is 30.7 Å². The lowest BCUT2D eigenvalue weighted by Gasteiger charge is -2.09. The number of nitrogens with two attached hydrogens (primary N) is 1. The molecule has 0 atom stereocenters. The minimum Gasteiger partial charge on any atom is -0.467 e. The van der Waals surface area contributed by atoms with E-state index >= 15 is 0 Å². The van der Waals surface area contributed by atoms with Crippen LogP contribution < -0.4 is 16.7 Å². The highest BCUT2D eigenvalue weighted by atomic mass is 32.1. The van der Waals surface area contributed by atoms with Crippen molar-refractivity contribution in [3.8, 4) is 0 Å². The van der Waals surface area contributed by atoms with Crippen LogP contribution in [0.15, 0.2) is 27.6 Å². The Morgan fingerprint density at radius 1 is 1.46 bits per heavy atom. The molecule has 3 aromatic rings. The maximum Gasteiger partial charge on any atom is 0.351 e. The van der Waals surface area contributed by atoms with Crippen molar-refractivity contribution in [3.05, 3.63) is 45.1 Å². The van der Waals surface area contributed by atoms with E-state index < -0.39 is 5.69 Å². The van der Waals surface area contributed by atoms with Crippen LogP contribution in [0.1, 0.15) is 22.6 Å². The maximum atomic E-state index is 12.2. The minimum absolute atomic E-state index is 0.0806. The molecule has 3 aromatic heterocycles. The first-order chi connectivity index (χ1) is 11.6. The molecular weight excluding hydrogens is 328 g/mol. The van der Waals surface area contributed by atoms with Gasteiger partial charge in [0.1, 0.15) is 23.0 Å². The zero-order chi connectivity index (χ0) is 16.7. The van der Waals surface area contributed by atoms with Crippen LogP contribution in [0.5, 0.6) is 0 Å². The summed E-state index contributed by atoms with van der Waals surface area (Å²) in [6, 6.07) is 3.53. The zero-order valence-electron chi connectivity index (χ0n) is 12.9. The number of carbonyl (C=O) groups is 1. The number of furan rings is 1. The van der Waals surface area contributed by atoms with E-state index in [4.69, 9.17) is 10.2 Å². The number of carbonyl (C=O) groups excluding carboxylic acids is 1. The van der Waals surface area contributed by atoms with Gasteiger partial charge in [-0.15, -0.1) is 11.3 Å². The van der Waals surface area contributed by atoms with Gasteiger partial charge in [-0.3, -0.25) is 9.36 Å². The van der Waals surface area contributed by atoms with Gasteiger partial charge in [-0.1, -0.05) is 0 Å². The summed E-state index contributed by atoms with van der Waals surface area (Å²) in [5.74, 6) is 0.656. The Morgan fingerprint density at radius 3 is 3.12 bits per heavy atom. The molecule has 3 N–H and O–H groups in total. The van der Waals surface area contributed by atoms with Crippen LogP contribution in [0.2, 0.25) is 0 Å². The van der Waals surface area contributed by atoms with Crippen LogP contribution in [-0.4, -0.2) is 15.5 Å². The van der Waals surface area contributed by atoms with Crippen molar-refractivity contribution in [3.63, 3.8) is 0 Å². The molecule has 124 valence electrons. The van der Waals surface area contributed by atoms with Gasteiger partial charge in [0.25, 0.3) is 0 Å². The van der Waals surface area contributed by atoms with E-state index in [2.05, 4.69) is 10.3 Å². The van der Waals surface area contributed by atoms with Crippen molar-refractivity contribution >= 4 is 33.3 Å². The van der Waals surface area contributed by atoms with Crippen LogP contribution in [0.25, 0.3) is 10.2 Å². The van der Waals surface area contributed by atoms with Crippen LogP contribution in [0, 0.1) is 0 Å². The smallest absolute Gasteiger partial charge is 0.351 e. The Labute approximate surface area is 141 Å². The molecule has 0 radical (unpaired) electrons. The quantitative estimate of drug-likeness (QED) is 0.745. The topological polar surface area (TPSA) is 103 Å². The minimum atomic E-state index is -0.493. The molecule has 3 heterocycles. The Hall–Kier alpha value is -2.61. The molecule has 0 aliphatic heterocycles. The van der Waals surface area contributed by atoms with Crippen molar-refractivity contribution in [1.82, 2.24) is 14.9 Å². The second-order valence-electron chi connectivity index (χ2n) is 5.76. The molecule has 0 aromatic carbocycles. The molecule has 0 bridgehead atoms. The lowest BCUT2D eigenvalue weighted by Crippen LogP contribution is -2.33. The summed E-state index contributed by atoms with van der Waals surface area (Å²) >= 11 is 1.54. The fourth-order valence-electron chi connectivity index (χ4n) is 3.09. The largest absolute Gasteiger partial charge is 0.467 e. The number of hydrogen-bond donors (Lipinski definition) is 2. The summed E-state index contributed by atoms with van der Waals surface area (Å²) in [6.07, 6.45) is 4.59. The fourth-order valence-corrected chi connectivity index (χ4v) is 4.48. The number of hydrogen-bond acceptors (Lipinski definition) is 6. The van der Waals surface area contributed by atoms with Crippen molar-refractivity contribution < 1.29 is 9.21 Å². The number of anilines is 1. The zero-order valence-corrected chi connectivity index (χ0v) is 13.7. The molecule has 1 aliphatic carbocycles. The standard InChI is InChI=1S/C16H16N4O3S/c17-14-13-10-4-1-5-11(10)24-15(13)20(16(22)19-14)8-12(21)18-7-9-3-2-6-23-9/h2-3,6H,1,4-5,7-8H2,(H,18,21)(H2,17,19,22). The van der Waals surface area contributed by atoms with Crippen molar-refractivity contribution in [2.75, 3.05) is 5.73 Å². The second-order valence-corrected chi connectivity index (χ2v) is 6.84. The third-order valence-corrected chi connectivity index (χ3v) is 5.51. The summed E-state index contributed by atoms with van der Waals surface area (Å²) in [7, 11) is 0. The molecule has 4 rings (SSSR count). The average molecular weight is 344 g/mol. The second kappa shape index (κ2) is 5.79. The van der Waals surface area contributed by atoms with Gasteiger partial charge in [-0.25, -0.2) is 4.79 Å². The Bertz CT molecular complexity index is 972. The number of nitrogens with zero attached hydrogens (tertiary/aromatic N) is 2. The third-order valence-electron chi connectivity index (χ3n) is 4.19. The van der Waals surface area contributed by atoms with E-state index in [0.29, 0.717) is 5.76 Å². The lowest BCUT2D eigenvalue weighted by atomic mass is 10.2. The van der Waals surface area contributed by atoms with Crippen LogP contribution in [0.4, 0.5) is 5.82 Å². The molecule has 8 heteroatoms. The maximum absolute atomic E-state index is 12.2. The van der Waals surface area contributed by atoms with E-state index in [1.165, 1.54) is 15.0 Å². The first kappa shape index (κ1) is 14.9. The van der Waals surface area contributed by atoms with Gasteiger partial charge in [0.05, 0.1) is 18.2 Å². The van der Waals surface area contributed by atoms with Crippen LogP contribution >= 0.6 is 11.3 Å². The number of rotatable bonds is 4. The molecule has 0 unspecified atom stereocenters. The molecule has 0 saturated carbocycles. The van der Waals surface area contributed by atoms with Crippen molar-refractivity contribution in [1.29, 1.82) is 0 Å². The Balaban J connectivity index is 1.64. The molecule has 0 fully saturated rings. The lowest BCUT2D eigenvalue weighted by molar-refractivity contribution is -0.121. The highest BCUT2D eigenvalue weighted by Crippen LogP contribution is 2.38. The van der Waals surface area contributed by atoms with Crippen LogP contribution in [0.3, 0.4) is 0 Å². The van der Waals surface area contributed by atoms with Gasteiger partial charge in [0.2, 0.25) is 5.91 Å². The SMILES string of the molecule is Nc1nc(=O)n(CC(=O)NCc2ccco2)c2sc3c(c12)CCC3. The van der Waals surface area contributed by atoms with Gasteiger partial charge < -0.3 is 15.5 Å². The van der Waals surface area contributed by atoms with E-state index in [1.54, 1.807) is 29.7 Å². The number of nitrogens with one attached hydrogen (secondary N) is 1. The molecule has 1 amide bonds. The number of aromatic nitrogens is 2. The number of thiophene rings is 1. The fraction of sp³-hybridized carbons (Fsp3) is 0.312. The molecular formula is C16H16N4O3S. The van der Waals surface area contributed by atoms with Crippen molar-refractivity contribution in [2.45, 2.75) is 32.4 Å². The van der Waals surface area contributed by atoms with Gasteiger partial charge in [0, 0.05) is 4.88 Å². The number of nitrogen functional groups attached to an aromatic ring is 1. The molecule has 7 nitrogen and oxygen atoms in total. The molecule has 24 heavy (non-hydrogen) atoms. The first-order valence-electron chi connectivity index (χ1n) is 7.73. The monoisotopic (exact) mass is 344 g/mol. The predicted octanol–water partition coefficient (Wildman–Crippen LogP) is 1.44. The van der Waals surface area contributed by atoms with Crippen molar-refractivity contribution in [2.24, 2.45) is 0 Å². The van der Waals surface area contributed by atoms with Gasteiger partial charge in [-0.05, 0) is 37.0 Å². The molecule has 0 spiro atoms. The molecule has 1 aliphatic rings. The summed E-state index contributed by atoms with van der Waals surface area (Å²) < 4.78 is 6.58. The summed E-state index contributed by atoms with van der Waals surface area (Å²) in [6.45, 7) is 0.204. The van der Waals surface area contributed by atoms with E-state index in [-0.39, 0.29) is 24.8 Å².